The second-order valence-electron chi connectivity index (χ2n) is 6.25. The van der Waals surface area contributed by atoms with E-state index in [1.54, 1.807) is 6.33 Å². The highest BCUT2D eigenvalue weighted by Gasteiger charge is 2.41. The van der Waals surface area contributed by atoms with Gasteiger partial charge in [0.2, 0.25) is 0 Å². The number of rotatable bonds is 7. The molecule has 0 bridgehead atoms. The number of likely N-dealkylation sites (tertiary alicyclic amines) is 1. The van der Waals surface area contributed by atoms with Crippen molar-refractivity contribution in [1.29, 1.82) is 0 Å². The van der Waals surface area contributed by atoms with Gasteiger partial charge in [-0.05, 0) is 52.6 Å². The van der Waals surface area contributed by atoms with Crippen molar-refractivity contribution in [2.75, 3.05) is 13.1 Å². The molecule has 5 heteroatoms. The van der Waals surface area contributed by atoms with Crippen LogP contribution in [0.4, 0.5) is 0 Å². The zero-order chi connectivity index (χ0) is 15.5. The normalized spacial score (nSPS) is 16.8. The minimum atomic E-state index is -0.315. The number of hydrogen-bond acceptors (Lipinski definition) is 4. The number of aromatic nitrogens is 3. The molecule has 2 rings (SSSR count). The molecule has 1 fully saturated rings. The highest BCUT2D eigenvalue weighted by molar-refractivity contribution is 5.89. The van der Waals surface area contributed by atoms with E-state index in [1.807, 2.05) is 4.68 Å². The van der Waals surface area contributed by atoms with Crippen molar-refractivity contribution < 1.29 is 4.79 Å². The lowest BCUT2D eigenvalue weighted by Crippen LogP contribution is -2.53. The Bertz CT molecular complexity index is 470. The average molecular weight is 292 g/mol. The molecular weight excluding hydrogens is 264 g/mol. The Kier molecular flexibility index (Phi) is 5.14. The van der Waals surface area contributed by atoms with Crippen LogP contribution in [0, 0.1) is 0 Å². The van der Waals surface area contributed by atoms with E-state index in [0.29, 0.717) is 12.2 Å². The molecule has 0 atom stereocenters. The van der Waals surface area contributed by atoms with Crippen molar-refractivity contribution >= 4 is 5.78 Å². The van der Waals surface area contributed by atoms with Gasteiger partial charge in [-0.2, -0.15) is 5.10 Å². The van der Waals surface area contributed by atoms with E-state index in [0.717, 1.165) is 31.8 Å². The molecule has 0 aliphatic carbocycles. The zero-order valence-corrected chi connectivity index (χ0v) is 13.8. The number of nitrogens with zero attached hydrogens (tertiary/aromatic N) is 4. The van der Waals surface area contributed by atoms with E-state index >= 15 is 0 Å². The Labute approximate surface area is 127 Å². The molecule has 5 nitrogen and oxygen atoms in total. The molecule has 0 N–H and O–H groups in total. The summed E-state index contributed by atoms with van der Waals surface area (Å²) in [7, 11) is 0. The molecule has 2 heterocycles. The summed E-state index contributed by atoms with van der Waals surface area (Å²) in [4.78, 5) is 19.7. The van der Waals surface area contributed by atoms with Crippen molar-refractivity contribution in [2.24, 2.45) is 0 Å². The minimum Gasteiger partial charge on any atom is -0.297 e. The average Bonchev–Trinajstić information content (AvgIpc) is 3.12. The van der Waals surface area contributed by atoms with E-state index in [-0.39, 0.29) is 11.6 Å². The predicted octanol–water partition coefficient (Wildman–Crippen LogP) is 2.63. The summed E-state index contributed by atoms with van der Waals surface area (Å²) in [5.41, 5.74) is -0.315. The molecule has 0 amide bonds. The lowest BCUT2D eigenvalue weighted by atomic mass is 9.84. The van der Waals surface area contributed by atoms with Gasteiger partial charge in [0, 0.05) is 6.04 Å². The second-order valence-corrected chi connectivity index (χ2v) is 6.25. The van der Waals surface area contributed by atoms with Gasteiger partial charge in [-0.1, -0.05) is 13.8 Å². The van der Waals surface area contributed by atoms with E-state index in [2.05, 4.69) is 42.7 Å². The Morgan fingerprint density at radius 3 is 2.43 bits per heavy atom. The van der Waals surface area contributed by atoms with Crippen LogP contribution in [0.2, 0.25) is 0 Å². The van der Waals surface area contributed by atoms with Crippen molar-refractivity contribution in [3.63, 3.8) is 0 Å². The van der Waals surface area contributed by atoms with Gasteiger partial charge in [-0.3, -0.25) is 9.69 Å². The van der Waals surface area contributed by atoms with Crippen LogP contribution in [0.1, 0.15) is 65.2 Å². The molecule has 0 unspecified atom stereocenters. The third kappa shape index (κ3) is 3.03. The van der Waals surface area contributed by atoms with Crippen LogP contribution >= 0.6 is 0 Å². The molecule has 1 aliphatic rings. The maximum absolute atomic E-state index is 13.0. The van der Waals surface area contributed by atoms with Crippen LogP contribution in [0.15, 0.2) is 6.33 Å². The van der Waals surface area contributed by atoms with Crippen LogP contribution in [0.3, 0.4) is 0 Å². The van der Waals surface area contributed by atoms with E-state index in [1.165, 1.54) is 12.8 Å². The predicted molar refractivity (Wildman–Crippen MR) is 83.2 cm³/mol. The summed E-state index contributed by atoms with van der Waals surface area (Å²) in [5, 5.41) is 4.24. The first-order valence-corrected chi connectivity index (χ1v) is 8.22. The lowest BCUT2D eigenvalue weighted by Gasteiger charge is -2.39. The molecule has 0 saturated carbocycles. The van der Waals surface area contributed by atoms with Gasteiger partial charge in [0.1, 0.15) is 12.2 Å². The van der Waals surface area contributed by atoms with E-state index in [4.69, 9.17) is 0 Å². The number of hydrogen-bond donors (Lipinski definition) is 0. The zero-order valence-electron chi connectivity index (χ0n) is 13.8. The van der Waals surface area contributed by atoms with Gasteiger partial charge < -0.3 is 0 Å². The topological polar surface area (TPSA) is 51.0 Å². The van der Waals surface area contributed by atoms with Crippen LogP contribution in [-0.4, -0.2) is 44.1 Å². The second kappa shape index (κ2) is 6.69. The number of ketones is 1. The molecule has 1 aromatic heterocycles. The third-order valence-corrected chi connectivity index (χ3v) is 4.86. The fourth-order valence-corrected chi connectivity index (χ4v) is 3.55. The highest BCUT2D eigenvalue weighted by atomic mass is 16.1. The summed E-state index contributed by atoms with van der Waals surface area (Å²) in [6.45, 7) is 10.5. The first kappa shape index (κ1) is 16.1. The van der Waals surface area contributed by atoms with Crippen LogP contribution in [0.5, 0.6) is 0 Å². The van der Waals surface area contributed by atoms with Gasteiger partial charge in [0.25, 0.3) is 0 Å². The van der Waals surface area contributed by atoms with E-state index in [9.17, 15) is 4.79 Å². The fraction of sp³-hybridized carbons (Fsp3) is 0.812. The first-order chi connectivity index (χ1) is 10.0. The van der Waals surface area contributed by atoms with Gasteiger partial charge in [-0.25, -0.2) is 9.67 Å². The summed E-state index contributed by atoms with van der Waals surface area (Å²) in [6.07, 6.45) is 6.10. The molecule has 0 spiro atoms. The molecule has 1 aromatic rings. The third-order valence-electron chi connectivity index (χ3n) is 4.86. The van der Waals surface area contributed by atoms with Crippen molar-refractivity contribution in [1.82, 2.24) is 19.7 Å². The molecule has 1 saturated heterocycles. The molecule has 0 radical (unpaired) electrons. The molecule has 21 heavy (non-hydrogen) atoms. The Hall–Kier alpha value is -1.23. The van der Waals surface area contributed by atoms with Crippen molar-refractivity contribution in [3.8, 4) is 0 Å². The lowest BCUT2D eigenvalue weighted by molar-refractivity contribution is -0.131. The van der Waals surface area contributed by atoms with Gasteiger partial charge >= 0.3 is 0 Å². The quantitative estimate of drug-likeness (QED) is 0.775. The number of carbonyl (C=O) groups is 1. The van der Waals surface area contributed by atoms with Crippen LogP contribution < -0.4 is 0 Å². The molecule has 1 aliphatic heterocycles. The Balaban J connectivity index is 2.20. The summed E-state index contributed by atoms with van der Waals surface area (Å²) < 4.78 is 1.86. The first-order valence-electron chi connectivity index (χ1n) is 8.22. The fourth-order valence-electron chi connectivity index (χ4n) is 3.55. The maximum atomic E-state index is 13.0. The molecule has 0 aromatic carbocycles. The standard InChI is InChI=1S/C16H28N4O/c1-5-16(6-2,19-9-7-8-10-19)14(21)11-15-17-12-18-20(15)13(3)4/h12-13H,5-11H2,1-4H3. The highest BCUT2D eigenvalue weighted by Crippen LogP contribution is 2.30. The molecular formula is C16H28N4O. The largest absolute Gasteiger partial charge is 0.297 e. The van der Waals surface area contributed by atoms with Crippen LogP contribution in [0.25, 0.3) is 0 Å². The smallest absolute Gasteiger partial charge is 0.160 e. The maximum Gasteiger partial charge on any atom is 0.160 e. The van der Waals surface area contributed by atoms with Gasteiger partial charge in [0.05, 0.1) is 12.0 Å². The van der Waals surface area contributed by atoms with Crippen LogP contribution in [-0.2, 0) is 11.2 Å². The van der Waals surface area contributed by atoms with E-state index < -0.39 is 0 Å². The van der Waals surface area contributed by atoms with Gasteiger partial charge in [0.15, 0.2) is 5.78 Å². The Morgan fingerprint density at radius 2 is 1.90 bits per heavy atom. The van der Waals surface area contributed by atoms with Crippen molar-refractivity contribution in [2.45, 2.75) is 71.4 Å². The summed E-state index contributed by atoms with van der Waals surface area (Å²) >= 11 is 0. The minimum absolute atomic E-state index is 0.236. The van der Waals surface area contributed by atoms with Gasteiger partial charge in [-0.15, -0.1) is 0 Å². The number of Topliss-reactive ketones (excluding diaryl/α,β-unsaturated/α-hetero) is 1. The summed E-state index contributed by atoms with van der Waals surface area (Å²) in [5.74, 6) is 1.09. The Morgan fingerprint density at radius 1 is 1.29 bits per heavy atom. The number of carbonyl (C=O) groups excluding carboxylic acids is 1. The molecule has 118 valence electrons. The SMILES string of the molecule is CCC(CC)(C(=O)Cc1ncnn1C(C)C)N1CCCC1. The van der Waals surface area contributed by atoms with Crippen molar-refractivity contribution in [3.05, 3.63) is 12.2 Å². The monoisotopic (exact) mass is 292 g/mol. The summed E-state index contributed by atoms with van der Waals surface area (Å²) in [6, 6.07) is 0.236.